The lowest BCUT2D eigenvalue weighted by molar-refractivity contribution is 0.262. The van der Waals surface area contributed by atoms with Crippen LogP contribution in [0.4, 0.5) is 21.9 Å². The van der Waals surface area contributed by atoms with Crippen molar-refractivity contribution in [3.05, 3.63) is 83.4 Å². The van der Waals surface area contributed by atoms with Gasteiger partial charge < -0.3 is 10.6 Å². The van der Waals surface area contributed by atoms with Crippen LogP contribution in [0.1, 0.15) is 23.6 Å². The molecule has 2 N–H and O–H groups in total. The second-order valence-corrected chi connectivity index (χ2v) is 9.48. The van der Waals surface area contributed by atoms with Crippen molar-refractivity contribution >= 4 is 33.1 Å². The number of nitrogens with one attached hydrogen (secondary N) is 2. The Morgan fingerprint density at radius 2 is 1.58 bits per heavy atom. The third-order valence-electron chi connectivity index (χ3n) is 5.43. The fraction of sp³-hybridized carbons (Fsp3) is 0.208. The highest BCUT2D eigenvalue weighted by molar-refractivity contribution is 7.92. The zero-order valence-corrected chi connectivity index (χ0v) is 18.4. The molecule has 0 spiro atoms. The molecule has 0 aromatic heterocycles. The van der Waals surface area contributed by atoms with E-state index in [4.69, 9.17) is 0 Å². The summed E-state index contributed by atoms with van der Waals surface area (Å²) in [6.07, 6.45) is 1.57. The summed E-state index contributed by atoms with van der Waals surface area (Å²) < 4.78 is 27.7. The second-order valence-electron chi connectivity index (χ2n) is 7.61. The first-order valence-corrected chi connectivity index (χ1v) is 11.7. The number of hydrogen-bond donors (Lipinski definition) is 2. The average Bonchev–Trinajstić information content (AvgIpc) is 3.18. The SMILES string of the molecule is CCc1ccc(NC(=O)Nc2ccc3c(c2)N(S(=O)(=O)c2ccc(C)cc2)CC3)cc1. The third-order valence-corrected chi connectivity index (χ3v) is 7.25. The predicted molar refractivity (Wildman–Crippen MR) is 124 cm³/mol. The normalized spacial score (nSPS) is 13.0. The molecular weight excluding hydrogens is 410 g/mol. The molecule has 0 fully saturated rings. The van der Waals surface area contributed by atoms with E-state index in [0.717, 1.165) is 17.5 Å². The van der Waals surface area contributed by atoms with Gasteiger partial charge in [-0.2, -0.15) is 0 Å². The number of carbonyl (C=O) groups is 1. The van der Waals surface area contributed by atoms with Crippen LogP contribution in [0.25, 0.3) is 0 Å². The number of anilines is 3. The Kier molecular flexibility index (Phi) is 5.69. The number of sulfonamides is 1. The van der Waals surface area contributed by atoms with E-state index in [2.05, 4.69) is 17.6 Å². The topological polar surface area (TPSA) is 78.5 Å². The molecule has 2 amide bonds. The van der Waals surface area contributed by atoms with Crippen LogP contribution in [0.5, 0.6) is 0 Å². The lowest BCUT2D eigenvalue weighted by Crippen LogP contribution is -2.29. The number of fused-ring (bicyclic) bond motifs is 1. The fourth-order valence-electron chi connectivity index (χ4n) is 3.63. The van der Waals surface area contributed by atoms with E-state index in [0.29, 0.717) is 30.0 Å². The Labute approximate surface area is 183 Å². The molecule has 6 nitrogen and oxygen atoms in total. The smallest absolute Gasteiger partial charge is 0.308 e. The molecule has 0 radical (unpaired) electrons. The molecule has 0 atom stereocenters. The Morgan fingerprint density at radius 1 is 0.935 bits per heavy atom. The van der Waals surface area contributed by atoms with Crippen LogP contribution in [0.3, 0.4) is 0 Å². The van der Waals surface area contributed by atoms with Gasteiger partial charge in [0.25, 0.3) is 10.0 Å². The molecule has 4 rings (SSSR count). The molecule has 160 valence electrons. The zero-order valence-electron chi connectivity index (χ0n) is 17.6. The maximum Gasteiger partial charge on any atom is 0.323 e. The number of amides is 2. The van der Waals surface area contributed by atoms with Crippen LogP contribution in [0.15, 0.2) is 71.6 Å². The Morgan fingerprint density at radius 3 is 2.26 bits per heavy atom. The molecular formula is C24H25N3O3S. The number of hydrogen-bond acceptors (Lipinski definition) is 3. The van der Waals surface area contributed by atoms with E-state index in [9.17, 15) is 13.2 Å². The molecule has 31 heavy (non-hydrogen) atoms. The Balaban J connectivity index is 1.52. The van der Waals surface area contributed by atoms with E-state index >= 15 is 0 Å². The molecule has 0 aliphatic carbocycles. The number of carbonyl (C=O) groups excluding carboxylic acids is 1. The van der Waals surface area contributed by atoms with Crippen LogP contribution in [0.2, 0.25) is 0 Å². The van der Waals surface area contributed by atoms with Gasteiger partial charge in [0.1, 0.15) is 0 Å². The van der Waals surface area contributed by atoms with Gasteiger partial charge in [-0.05, 0) is 67.3 Å². The predicted octanol–water partition coefficient (Wildman–Crippen LogP) is 4.95. The highest BCUT2D eigenvalue weighted by Crippen LogP contribution is 2.35. The summed E-state index contributed by atoms with van der Waals surface area (Å²) in [4.78, 5) is 12.7. The van der Waals surface area contributed by atoms with Crippen molar-refractivity contribution in [2.24, 2.45) is 0 Å². The lowest BCUT2D eigenvalue weighted by Gasteiger charge is -2.20. The minimum Gasteiger partial charge on any atom is -0.308 e. The summed E-state index contributed by atoms with van der Waals surface area (Å²) >= 11 is 0. The maximum atomic E-state index is 13.2. The van der Waals surface area contributed by atoms with Gasteiger partial charge in [0.2, 0.25) is 0 Å². The van der Waals surface area contributed by atoms with Crippen molar-refractivity contribution < 1.29 is 13.2 Å². The zero-order chi connectivity index (χ0) is 22.0. The van der Waals surface area contributed by atoms with Crippen molar-refractivity contribution in [2.75, 3.05) is 21.5 Å². The summed E-state index contributed by atoms with van der Waals surface area (Å²) in [6, 6.07) is 19.5. The van der Waals surface area contributed by atoms with E-state index in [1.807, 2.05) is 37.3 Å². The summed E-state index contributed by atoms with van der Waals surface area (Å²) in [7, 11) is -3.66. The minimum absolute atomic E-state index is 0.262. The van der Waals surface area contributed by atoms with Crippen molar-refractivity contribution in [1.82, 2.24) is 0 Å². The molecule has 0 unspecified atom stereocenters. The largest absolute Gasteiger partial charge is 0.323 e. The molecule has 0 bridgehead atoms. The number of nitrogens with zero attached hydrogens (tertiary/aromatic N) is 1. The van der Waals surface area contributed by atoms with Crippen LogP contribution < -0.4 is 14.9 Å². The molecule has 3 aromatic rings. The van der Waals surface area contributed by atoms with Crippen molar-refractivity contribution in [3.63, 3.8) is 0 Å². The number of aryl methyl sites for hydroxylation is 2. The Hall–Kier alpha value is -3.32. The van der Waals surface area contributed by atoms with E-state index in [-0.39, 0.29) is 10.9 Å². The first-order chi connectivity index (χ1) is 14.9. The lowest BCUT2D eigenvalue weighted by atomic mass is 10.1. The van der Waals surface area contributed by atoms with Crippen LogP contribution >= 0.6 is 0 Å². The highest BCUT2D eigenvalue weighted by Gasteiger charge is 2.31. The van der Waals surface area contributed by atoms with Gasteiger partial charge >= 0.3 is 6.03 Å². The van der Waals surface area contributed by atoms with Gasteiger partial charge in [-0.25, -0.2) is 13.2 Å². The second kappa shape index (κ2) is 8.43. The highest BCUT2D eigenvalue weighted by atomic mass is 32.2. The summed E-state index contributed by atoms with van der Waals surface area (Å²) in [6.45, 7) is 4.37. The number of benzene rings is 3. The van der Waals surface area contributed by atoms with E-state index in [1.165, 1.54) is 9.87 Å². The van der Waals surface area contributed by atoms with Crippen LogP contribution in [-0.2, 0) is 22.9 Å². The number of urea groups is 1. The summed E-state index contributed by atoms with van der Waals surface area (Å²) in [5.41, 5.74) is 4.97. The molecule has 1 heterocycles. The van der Waals surface area contributed by atoms with E-state index < -0.39 is 10.0 Å². The summed E-state index contributed by atoms with van der Waals surface area (Å²) in [5.74, 6) is 0. The van der Waals surface area contributed by atoms with Gasteiger partial charge in [-0.3, -0.25) is 4.31 Å². The van der Waals surface area contributed by atoms with Gasteiger partial charge in [-0.1, -0.05) is 42.8 Å². The summed E-state index contributed by atoms with van der Waals surface area (Å²) in [5, 5.41) is 5.60. The molecule has 0 saturated carbocycles. The first kappa shape index (κ1) is 20.9. The van der Waals surface area contributed by atoms with Crippen molar-refractivity contribution in [2.45, 2.75) is 31.6 Å². The van der Waals surface area contributed by atoms with Crippen molar-refractivity contribution in [3.8, 4) is 0 Å². The molecule has 1 aliphatic rings. The minimum atomic E-state index is -3.66. The molecule has 7 heteroatoms. The van der Waals surface area contributed by atoms with E-state index in [1.54, 1.807) is 36.4 Å². The maximum absolute atomic E-state index is 13.2. The van der Waals surface area contributed by atoms with Crippen LogP contribution in [-0.4, -0.2) is 21.0 Å². The third kappa shape index (κ3) is 4.41. The van der Waals surface area contributed by atoms with Crippen LogP contribution in [0, 0.1) is 6.92 Å². The Bertz CT molecular complexity index is 1200. The first-order valence-electron chi connectivity index (χ1n) is 10.3. The standard InChI is InChI=1S/C24H25N3O3S/c1-3-18-6-9-20(10-7-18)25-24(28)26-21-11-8-19-14-15-27(23(19)16-21)31(29,30)22-12-4-17(2)5-13-22/h4-13,16H,3,14-15H2,1-2H3,(H2,25,26,28). The van der Waals surface area contributed by atoms with Gasteiger partial charge in [-0.15, -0.1) is 0 Å². The number of rotatable bonds is 5. The van der Waals surface area contributed by atoms with Gasteiger partial charge in [0.05, 0.1) is 10.6 Å². The molecule has 3 aromatic carbocycles. The molecule has 0 saturated heterocycles. The van der Waals surface area contributed by atoms with Crippen molar-refractivity contribution in [1.29, 1.82) is 0 Å². The molecule has 1 aliphatic heterocycles. The monoisotopic (exact) mass is 435 g/mol. The van der Waals surface area contributed by atoms with Gasteiger partial charge in [0, 0.05) is 17.9 Å². The van der Waals surface area contributed by atoms with Gasteiger partial charge in [0.15, 0.2) is 0 Å². The average molecular weight is 436 g/mol. The quantitative estimate of drug-likeness (QED) is 0.595. The fourth-order valence-corrected chi connectivity index (χ4v) is 5.13.